The number of phenolic OH excluding ortho intramolecular Hbond substituents is 2. The van der Waals surface area contributed by atoms with Gasteiger partial charge in [0.05, 0.1) is 11.4 Å². The highest BCUT2D eigenvalue weighted by Crippen LogP contribution is 2.43. The molecule has 0 aromatic heterocycles. The highest BCUT2D eigenvalue weighted by atomic mass is 16.3. The quantitative estimate of drug-likeness (QED) is 0.207. The number of para-hydroxylation sites is 2. The van der Waals surface area contributed by atoms with Gasteiger partial charge in [0.1, 0.15) is 11.5 Å². The predicted octanol–water partition coefficient (Wildman–Crippen LogP) is 10.7. The molecule has 0 saturated carbocycles. The average Bonchev–Trinajstić information content (AvgIpc) is 2.95. The second-order valence-electron chi connectivity index (χ2n) is 13.6. The van der Waals surface area contributed by atoms with Crippen molar-refractivity contribution < 1.29 is 10.2 Å². The molecule has 4 bridgehead atoms. The van der Waals surface area contributed by atoms with Crippen LogP contribution in [0.5, 0.6) is 11.5 Å². The van der Waals surface area contributed by atoms with Crippen LogP contribution in [0.25, 0.3) is 21.5 Å². The molecule has 0 atom stereocenters. The van der Waals surface area contributed by atoms with Crippen LogP contribution in [0.2, 0.25) is 0 Å². The number of phenols is 2. The fourth-order valence-electron chi connectivity index (χ4n) is 5.34. The number of fused-ring (bicyclic) bond motifs is 4. The van der Waals surface area contributed by atoms with Crippen LogP contribution in [0.15, 0.2) is 94.9 Å². The lowest BCUT2D eigenvalue weighted by atomic mass is 9.83. The smallest absolute Gasteiger partial charge is 0.124 e. The largest absolute Gasteiger partial charge is 0.507 e. The molecule has 0 saturated heterocycles. The summed E-state index contributed by atoms with van der Waals surface area (Å²) in [6.45, 7) is 17.6. The fourth-order valence-corrected chi connectivity index (χ4v) is 5.34. The first-order valence-electron chi connectivity index (χ1n) is 15.1. The van der Waals surface area contributed by atoms with Crippen molar-refractivity contribution >= 4 is 45.3 Å². The molecule has 44 heavy (non-hydrogen) atoms. The standard InChI is InChI=1S/C40H42N2O2/c1-25-27-17-18-28-20-32(40(6,7)8)22-34(26(28)2)38(42-24-30-14-10-12-16-36(30)44)37(33(25)21-31(19-27)39(3,4)5)41-23-29-13-9-11-15-35(29)43/h9-24,43-44H,1-8H3/b18-17?,38-37?,41-23+,42-24+. The van der Waals surface area contributed by atoms with Gasteiger partial charge in [0.2, 0.25) is 0 Å². The van der Waals surface area contributed by atoms with Crippen molar-refractivity contribution in [3.05, 3.63) is 118 Å². The Morgan fingerprint density at radius 3 is 1.23 bits per heavy atom. The van der Waals surface area contributed by atoms with E-state index in [1.165, 1.54) is 11.1 Å². The number of benzene rings is 4. The van der Waals surface area contributed by atoms with Gasteiger partial charge in [-0.05, 0) is 94.1 Å². The summed E-state index contributed by atoms with van der Waals surface area (Å²) in [5.74, 6) is 0.320. The van der Waals surface area contributed by atoms with Gasteiger partial charge in [0.25, 0.3) is 0 Å². The number of aliphatic imine (C=N–C) groups is 2. The summed E-state index contributed by atoms with van der Waals surface area (Å²) in [6, 6.07) is 27.8. The Hall–Kier alpha value is -4.70. The van der Waals surface area contributed by atoms with Crippen molar-refractivity contribution in [3.63, 3.8) is 0 Å². The third-order valence-corrected chi connectivity index (χ3v) is 8.34. The van der Waals surface area contributed by atoms with Crippen LogP contribution in [-0.2, 0) is 10.8 Å². The van der Waals surface area contributed by atoms with Crippen LogP contribution in [0, 0.1) is 13.8 Å². The van der Waals surface area contributed by atoms with Gasteiger partial charge >= 0.3 is 0 Å². The van der Waals surface area contributed by atoms with Crippen LogP contribution < -0.4 is 0 Å². The van der Waals surface area contributed by atoms with Gasteiger partial charge in [-0.1, -0.05) is 90.1 Å². The van der Waals surface area contributed by atoms with Crippen molar-refractivity contribution in [1.29, 1.82) is 0 Å². The summed E-state index contributed by atoms with van der Waals surface area (Å²) in [4.78, 5) is 10.3. The van der Waals surface area contributed by atoms with Gasteiger partial charge in [0, 0.05) is 34.3 Å². The number of aromatic hydroxyl groups is 2. The van der Waals surface area contributed by atoms with E-state index in [4.69, 9.17) is 9.98 Å². The average molecular weight is 583 g/mol. The first kappa shape index (κ1) is 30.7. The second-order valence-corrected chi connectivity index (χ2v) is 13.6. The monoisotopic (exact) mass is 582 g/mol. The van der Waals surface area contributed by atoms with Crippen molar-refractivity contribution in [2.45, 2.75) is 66.2 Å². The van der Waals surface area contributed by atoms with Crippen molar-refractivity contribution in [3.8, 4) is 11.5 Å². The van der Waals surface area contributed by atoms with Crippen LogP contribution in [-0.4, -0.2) is 22.6 Å². The van der Waals surface area contributed by atoms with Crippen LogP contribution in [0.1, 0.15) is 74.9 Å². The maximum atomic E-state index is 10.6. The molecule has 0 fully saturated rings. The van der Waals surface area contributed by atoms with Gasteiger partial charge in [-0.15, -0.1) is 0 Å². The van der Waals surface area contributed by atoms with E-state index in [-0.39, 0.29) is 22.3 Å². The first-order chi connectivity index (χ1) is 20.7. The molecule has 5 aromatic rings. The normalized spacial score (nSPS) is 12.5. The topological polar surface area (TPSA) is 65.2 Å². The van der Waals surface area contributed by atoms with Gasteiger partial charge < -0.3 is 10.2 Å². The molecule has 224 valence electrons. The molecule has 4 nitrogen and oxygen atoms in total. The van der Waals surface area contributed by atoms with E-state index < -0.39 is 0 Å². The Bertz CT molecular complexity index is 1830. The zero-order valence-corrected chi connectivity index (χ0v) is 27.0. The molecule has 0 aliphatic rings. The van der Waals surface area contributed by atoms with E-state index in [9.17, 15) is 10.2 Å². The van der Waals surface area contributed by atoms with E-state index in [1.54, 1.807) is 36.7 Å². The van der Waals surface area contributed by atoms with Gasteiger partial charge in [-0.2, -0.15) is 0 Å². The second kappa shape index (κ2) is 11.8. The minimum absolute atomic E-state index is 0.107. The lowest BCUT2D eigenvalue weighted by molar-refractivity contribution is 0.474. The summed E-state index contributed by atoms with van der Waals surface area (Å²) in [7, 11) is 0. The fraction of sp³-hybridized carbons (Fsp3) is 0.250. The molecule has 4 heteroatoms. The Balaban J connectivity index is 2.05. The zero-order valence-electron chi connectivity index (χ0n) is 27.0. The molecular weight excluding hydrogens is 540 g/mol. The Morgan fingerprint density at radius 1 is 0.523 bits per heavy atom. The summed E-state index contributed by atoms with van der Waals surface area (Å²) < 4.78 is 0. The SMILES string of the molecule is Cc1c2ccc3cc(C(C)(C)C)cc(c(/N=C/c4ccccc4O)c(/N=C/c4ccccc4O)c1cc(C(C)(C)C)c2)c3C. The summed E-state index contributed by atoms with van der Waals surface area (Å²) in [5.41, 5.74) is 6.97. The van der Waals surface area contributed by atoms with Gasteiger partial charge in [0.15, 0.2) is 0 Å². The highest BCUT2D eigenvalue weighted by Gasteiger charge is 2.20. The Morgan fingerprint density at radius 2 is 0.886 bits per heavy atom. The lowest BCUT2D eigenvalue weighted by Crippen LogP contribution is -2.11. The minimum Gasteiger partial charge on any atom is -0.507 e. The third kappa shape index (κ3) is 6.30. The zero-order chi connectivity index (χ0) is 31.8. The number of hydrogen-bond acceptors (Lipinski definition) is 4. The predicted molar refractivity (Wildman–Crippen MR) is 188 cm³/mol. The van der Waals surface area contributed by atoms with Crippen molar-refractivity contribution in [2.75, 3.05) is 0 Å². The van der Waals surface area contributed by atoms with Gasteiger partial charge in [-0.25, -0.2) is 0 Å². The number of hydrogen-bond donors (Lipinski definition) is 2. The van der Waals surface area contributed by atoms with E-state index in [1.807, 2.05) is 24.3 Å². The molecule has 5 aromatic carbocycles. The summed E-state index contributed by atoms with van der Waals surface area (Å²) in [5, 5.41) is 25.4. The Labute approximate surface area is 261 Å². The summed E-state index contributed by atoms with van der Waals surface area (Å²) in [6.07, 6.45) is 3.43. The molecule has 2 N–H and O–H groups in total. The number of aryl methyl sites for hydroxylation is 2. The summed E-state index contributed by atoms with van der Waals surface area (Å²) >= 11 is 0. The van der Waals surface area contributed by atoms with Gasteiger partial charge in [-0.3, -0.25) is 9.98 Å². The van der Waals surface area contributed by atoms with Crippen molar-refractivity contribution in [1.82, 2.24) is 0 Å². The molecule has 0 heterocycles. The molecule has 0 radical (unpaired) electrons. The van der Waals surface area contributed by atoms with E-state index in [2.05, 4.69) is 91.8 Å². The molecule has 0 aliphatic carbocycles. The Kier molecular flexibility index (Phi) is 8.22. The van der Waals surface area contributed by atoms with E-state index >= 15 is 0 Å². The van der Waals surface area contributed by atoms with Crippen LogP contribution >= 0.6 is 0 Å². The number of nitrogens with zero attached hydrogens (tertiary/aromatic N) is 2. The lowest BCUT2D eigenvalue weighted by Gasteiger charge is -2.22. The third-order valence-electron chi connectivity index (χ3n) is 8.34. The number of rotatable bonds is 4. The maximum absolute atomic E-state index is 10.6. The molecule has 0 amide bonds. The van der Waals surface area contributed by atoms with Crippen LogP contribution in [0.4, 0.5) is 11.4 Å². The van der Waals surface area contributed by atoms with E-state index in [0.29, 0.717) is 22.5 Å². The maximum Gasteiger partial charge on any atom is 0.124 e. The molecule has 0 spiro atoms. The molecule has 0 aliphatic heterocycles. The minimum atomic E-state index is -0.107. The first-order valence-corrected chi connectivity index (χ1v) is 15.1. The molecule has 0 unspecified atom stereocenters. The van der Waals surface area contributed by atoms with E-state index in [0.717, 1.165) is 32.7 Å². The molecular formula is C40H42N2O2. The molecule has 5 rings (SSSR count). The highest BCUT2D eigenvalue weighted by molar-refractivity contribution is 6.03. The van der Waals surface area contributed by atoms with Crippen molar-refractivity contribution in [2.24, 2.45) is 9.98 Å². The van der Waals surface area contributed by atoms with Crippen LogP contribution in [0.3, 0.4) is 0 Å².